The van der Waals surface area contributed by atoms with Gasteiger partial charge in [0.1, 0.15) is 6.04 Å². The number of hydrogen-bond donors (Lipinski definition) is 2. The van der Waals surface area contributed by atoms with Crippen molar-refractivity contribution in [1.82, 2.24) is 4.90 Å². The lowest BCUT2D eigenvalue weighted by Crippen LogP contribution is -2.41. The number of nitrogens with zero attached hydrogens (tertiary/aromatic N) is 1. The molecule has 1 atom stereocenters. The third-order valence-corrected chi connectivity index (χ3v) is 2.36. The quantitative estimate of drug-likeness (QED) is 0.531. The molecule has 0 saturated heterocycles. The molecule has 0 spiro atoms. The largest absolute Gasteiger partial charge is 0.480 e. The number of halogens is 6. The van der Waals surface area contributed by atoms with Crippen molar-refractivity contribution in [3.63, 3.8) is 0 Å². The van der Waals surface area contributed by atoms with Crippen LogP contribution in [0, 0.1) is 0 Å². The first-order chi connectivity index (χ1) is 8.91. The predicted octanol–water partition coefficient (Wildman–Crippen LogP) is 2.00. The second kappa shape index (κ2) is 7.67. The minimum Gasteiger partial charge on any atom is -0.480 e. The van der Waals surface area contributed by atoms with E-state index in [1.165, 1.54) is 0 Å². The standard InChI is InChI=1S/C10H16F6N2O2/c11-9(12,13)5-18(6-10(14,15)16)4-2-1-3-7(17)8(19)20/h7H,1-6,17H2,(H,19,20)/t7-/m0/s1. The van der Waals surface area contributed by atoms with Gasteiger partial charge in [-0.2, -0.15) is 26.3 Å². The maximum atomic E-state index is 12.1. The molecule has 0 unspecified atom stereocenters. The zero-order valence-corrected chi connectivity index (χ0v) is 10.5. The van der Waals surface area contributed by atoms with Crippen LogP contribution in [0.3, 0.4) is 0 Å². The average molecular weight is 310 g/mol. The molecule has 0 rings (SSSR count). The van der Waals surface area contributed by atoms with E-state index in [2.05, 4.69) is 0 Å². The van der Waals surface area contributed by atoms with Gasteiger partial charge in [0.2, 0.25) is 0 Å². The number of carboxylic acids is 1. The van der Waals surface area contributed by atoms with Crippen LogP contribution in [-0.2, 0) is 4.79 Å². The molecule has 0 aromatic heterocycles. The highest BCUT2D eigenvalue weighted by Gasteiger charge is 2.36. The SMILES string of the molecule is N[C@@H](CCCCN(CC(F)(F)F)CC(F)(F)F)C(=O)O. The van der Waals surface area contributed by atoms with Gasteiger partial charge < -0.3 is 10.8 Å². The Hall–Kier alpha value is -1.03. The molecule has 4 nitrogen and oxygen atoms in total. The highest BCUT2D eigenvalue weighted by molar-refractivity contribution is 5.72. The number of aliphatic carboxylic acids is 1. The van der Waals surface area contributed by atoms with E-state index in [0.717, 1.165) is 0 Å². The summed E-state index contributed by atoms with van der Waals surface area (Å²) in [6.45, 7) is -3.74. The molecule has 0 aromatic rings. The van der Waals surface area contributed by atoms with Gasteiger partial charge in [0, 0.05) is 0 Å². The van der Waals surface area contributed by atoms with Crippen LogP contribution in [0.15, 0.2) is 0 Å². The van der Waals surface area contributed by atoms with Gasteiger partial charge in [0.25, 0.3) is 0 Å². The third-order valence-electron chi connectivity index (χ3n) is 2.36. The van der Waals surface area contributed by atoms with Crippen molar-refractivity contribution in [2.24, 2.45) is 5.73 Å². The Balaban J connectivity index is 4.20. The molecule has 0 heterocycles. The van der Waals surface area contributed by atoms with E-state index in [-0.39, 0.29) is 24.2 Å². The van der Waals surface area contributed by atoms with Crippen LogP contribution < -0.4 is 5.73 Å². The minimum atomic E-state index is -4.72. The fourth-order valence-electron chi connectivity index (χ4n) is 1.54. The molecular formula is C10H16F6N2O2. The van der Waals surface area contributed by atoms with Crippen LogP contribution in [0.1, 0.15) is 19.3 Å². The van der Waals surface area contributed by atoms with Gasteiger partial charge in [-0.25, -0.2) is 0 Å². The Morgan fingerprint density at radius 1 is 1.05 bits per heavy atom. The minimum absolute atomic E-state index is 0.00120. The van der Waals surface area contributed by atoms with Crippen molar-refractivity contribution in [2.75, 3.05) is 19.6 Å². The van der Waals surface area contributed by atoms with Crippen molar-refractivity contribution in [1.29, 1.82) is 0 Å². The molecule has 0 amide bonds. The van der Waals surface area contributed by atoms with Gasteiger partial charge in [0.05, 0.1) is 13.1 Å². The molecule has 0 aliphatic rings. The van der Waals surface area contributed by atoms with E-state index < -0.39 is 44.0 Å². The average Bonchev–Trinajstić information content (AvgIpc) is 2.18. The zero-order chi connectivity index (χ0) is 16.0. The molecule has 0 radical (unpaired) electrons. The van der Waals surface area contributed by atoms with Crippen molar-refractivity contribution >= 4 is 5.97 Å². The Morgan fingerprint density at radius 2 is 1.50 bits per heavy atom. The number of rotatable bonds is 8. The van der Waals surface area contributed by atoms with Gasteiger partial charge in [0.15, 0.2) is 0 Å². The first-order valence-corrected chi connectivity index (χ1v) is 5.75. The van der Waals surface area contributed by atoms with Gasteiger partial charge in [-0.1, -0.05) is 6.42 Å². The second-order valence-electron chi connectivity index (χ2n) is 4.38. The van der Waals surface area contributed by atoms with E-state index in [0.29, 0.717) is 0 Å². The molecule has 0 fully saturated rings. The van der Waals surface area contributed by atoms with Crippen LogP contribution >= 0.6 is 0 Å². The summed E-state index contributed by atoms with van der Waals surface area (Å²) in [6, 6.07) is -1.16. The number of carbonyl (C=O) groups is 1. The van der Waals surface area contributed by atoms with Crippen LogP contribution in [0.5, 0.6) is 0 Å². The fourth-order valence-corrected chi connectivity index (χ4v) is 1.54. The summed E-state index contributed by atoms with van der Waals surface area (Å²) in [5.41, 5.74) is 5.16. The molecule has 0 saturated carbocycles. The Morgan fingerprint density at radius 3 is 1.85 bits per heavy atom. The maximum absolute atomic E-state index is 12.1. The lowest BCUT2D eigenvalue weighted by Gasteiger charge is -2.24. The highest BCUT2D eigenvalue weighted by atomic mass is 19.4. The van der Waals surface area contributed by atoms with Crippen molar-refractivity contribution in [2.45, 2.75) is 37.7 Å². The number of nitrogens with two attached hydrogens (primary N) is 1. The summed E-state index contributed by atoms with van der Waals surface area (Å²) < 4.78 is 72.7. The lowest BCUT2D eigenvalue weighted by molar-refractivity contribution is -0.180. The summed E-state index contributed by atoms with van der Waals surface area (Å²) in [7, 11) is 0. The fraction of sp³-hybridized carbons (Fsp3) is 0.900. The number of alkyl halides is 6. The molecule has 120 valence electrons. The highest BCUT2D eigenvalue weighted by Crippen LogP contribution is 2.22. The Bertz CT molecular complexity index is 289. The summed E-state index contributed by atoms with van der Waals surface area (Å²) in [4.78, 5) is 10.6. The van der Waals surface area contributed by atoms with Crippen molar-refractivity contribution in [3.8, 4) is 0 Å². The van der Waals surface area contributed by atoms with Gasteiger partial charge in [-0.15, -0.1) is 0 Å². The van der Waals surface area contributed by atoms with Crippen LogP contribution in [-0.4, -0.2) is 54.0 Å². The first-order valence-electron chi connectivity index (χ1n) is 5.75. The molecule has 3 N–H and O–H groups in total. The Kier molecular flexibility index (Phi) is 7.28. The van der Waals surface area contributed by atoms with Crippen LogP contribution in [0.25, 0.3) is 0 Å². The van der Waals surface area contributed by atoms with Crippen LogP contribution in [0.2, 0.25) is 0 Å². The molecular weight excluding hydrogens is 294 g/mol. The Labute approximate surface area is 111 Å². The molecule has 0 aliphatic heterocycles. The summed E-state index contributed by atoms with van der Waals surface area (Å²) in [5.74, 6) is -1.26. The molecule has 0 bridgehead atoms. The number of unbranched alkanes of at least 4 members (excludes halogenated alkanes) is 1. The smallest absolute Gasteiger partial charge is 0.401 e. The van der Waals surface area contributed by atoms with Crippen molar-refractivity contribution in [3.05, 3.63) is 0 Å². The van der Waals surface area contributed by atoms with E-state index in [4.69, 9.17) is 10.8 Å². The topological polar surface area (TPSA) is 66.6 Å². The molecule has 20 heavy (non-hydrogen) atoms. The monoisotopic (exact) mass is 310 g/mol. The predicted molar refractivity (Wildman–Crippen MR) is 58.0 cm³/mol. The summed E-state index contributed by atoms with van der Waals surface area (Å²) in [6.07, 6.45) is -9.29. The number of carboxylic acid groups (broad SMARTS) is 1. The van der Waals surface area contributed by atoms with E-state index in [1.54, 1.807) is 0 Å². The zero-order valence-electron chi connectivity index (χ0n) is 10.5. The first kappa shape index (κ1) is 19.0. The van der Waals surface area contributed by atoms with Crippen LogP contribution in [0.4, 0.5) is 26.3 Å². The molecule has 0 aliphatic carbocycles. The third kappa shape index (κ3) is 10.9. The van der Waals surface area contributed by atoms with Gasteiger partial charge in [-0.3, -0.25) is 9.69 Å². The second-order valence-corrected chi connectivity index (χ2v) is 4.38. The normalized spacial score (nSPS) is 14.6. The van der Waals surface area contributed by atoms with E-state index in [9.17, 15) is 31.1 Å². The van der Waals surface area contributed by atoms with E-state index >= 15 is 0 Å². The summed E-state index contributed by atoms with van der Waals surface area (Å²) >= 11 is 0. The molecule has 10 heteroatoms. The maximum Gasteiger partial charge on any atom is 0.401 e. The van der Waals surface area contributed by atoms with E-state index in [1.807, 2.05) is 0 Å². The lowest BCUT2D eigenvalue weighted by atomic mass is 10.1. The van der Waals surface area contributed by atoms with Gasteiger partial charge >= 0.3 is 18.3 Å². The van der Waals surface area contributed by atoms with Gasteiger partial charge in [-0.05, 0) is 19.4 Å². The number of hydrogen-bond acceptors (Lipinski definition) is 3. The summed E-state index contributed by atoms with van der Waals surface area (Å²) in [5, 5.41) is 8.46. The molecule has 0 aromatic carbocycles. The van der Waals surface area contributed by atoms with Crippen molar-refractivity contribution < 1.29 is 36.2 Å².